The minimum Gasteiger partial charge on any atom is -0.243 e. The third-order valence-corrected chi connectivity index (χ3v) is 1.51. The first-order valence-electron chi connectivity index (χ1n) is 4.65. The second-order valence-electron chi connectivity index (χ2n) is 2.68. The van der Waals surface area contributed by atoms with Gasteiger partial charge in [0.25, 0.3) is 0 Å². The van der Waals surface area contributed by atoms with Gasteiger partial charge in [-0.05, 0) is 24.8 Å². The Balaban J connectivity index is 3.07. The van der Waals surface area contributed by atoms with E-state index in [1.165, 1.54) is 25.7 Å². The third-order valence-electron chi connectivity index (χ3n) is 1.51. The van der Waals surface area contributed by atoms with Gasteiger partial charge < -0.3 is 0 Å². The van der Waals surface area contributed by atoms with Crippen molar-refractivity contribution in [3.05, 3.63) is 6.08 Å². The molecule has 0 saturated heterocycles. The predicted molar refractivity (Wildman–Crippen MR) is 51.3 cm³/mol. The Morgan fingerprint density at radius 1 is 1.18 bits per heavy atom. The van der Waals surface area contributed by atoms with Crippen molar-refractivity contribution >= 4 is 5.87 Å². The Bertz CT molecular complexity index is 121. The van der Waals surface area contributed by atoms with Crippen LogP contribution in [0, 0.1) is 0 Å². The number of nitrogens with zero attached hydrogens (tertiary/aromatic N) is 1. The van der Waals surface area contributed by atoms with Gasteiger partial charge in [-0.2, -0.15) is 0 Å². The summed E-state index contributed by atoms with van der Waals surface area (Å²) < 4.78 is 0. The maximum absolute atomic E-state index is 4.13. The predicted octanol–water partition coefficient (Wildman–Crippen LogP) is 3.20. The quantitative estimate of drug-likeness (QED) is 0.410. The zero-order chi connectivity index (χ0) is 8.36. The summed E-state index contributed by atoms with van der Waals surface area (Å²) in [5, 5.41) is 0. The van der Waals surface area contributed by atoms with Crippen LogP contribution in [0.3, 0.4) is 0 Å². The number of rotatable bonds is 6. The molecule has 0 spiro atoms. The highest BCUT2D eigenvalue weighted by Crippen LogP contribution is 1.97. The number of hydrogen-bond donors (Lipinski definition) is 0. The molecule has 0 amide bonds. The van der Waals surface area contributed by atoms with Gasteiger partial charge in [0.15, 0.2) is 0 Å². The third kappa shape index (κ3) is 9.45. The van der Waals surface area contributed by atoms with E-state index in [9.17, 15) is 0 Å². The van der Waals surface area contributed by atoms with E-state index in [1.807, 2.05) is 6.08 Å². The van der Waals surface area contributed by atoms with E-state index in [0.717, 1.165) is 13.0 Å². The SMILES string of the molecule is CCC=C=NCCCCCC. The summed E-state index contributed by atoms with van der Waals surface area (Å²) in [5.41, 5.74) is 0. The van der Waals surface area contributed by atoms with E-state index in [1.54, 1.807) is 0 Å². The van der Waals surface area contributed by atoms with Gasteiger partial charge in [-0.25, -0.2) is 4.99 Å². The van der Waals surface area contributed by atoms with Crippen LogP contribution in [0.1, 0.15) is 46.0 Å². The molecule has 0 aliphatic heterocycles. The Morgan fingerprint density at radius 2 is 2.00 bits per heavy atom. The van der Waals surface area contributed by atoms with Gasteiger partial charge in [-0.1, -0.05) is 33.1 Å². The maximum Gasteiger partial charge on any atom is 0.0483 e. The number of hydrogen-bond acceptors (Lipinski definition) is 1. The van der Waals surface area contributed by atoms with Crippen LogP contribution < -0.4 is 0 Å². The van der Waals surface area contributed by atoms with E-state index < -0.39 is 0 Å². The van der Waals surface area contributed by atoms with Crippen LogP contribution in [-0.2, 0) is 0 Å². The molecule has 64 valence electrons. The molecular formula is C10H19N. The molecule has 0 bridgehead atoms. The molecule has 0 radical (unpaired) electrons. The van der Waals surface area contributed by atoms with Gasteiger partial charge in [0.05, 0.1) is 0 Å². The largest absolute Gasteiger partial charge is 0.243 e. The summed E-state index contributed by atoms with van der Waals surface area (Å²) in [4.78, 5) is 4.13. The minimum atomic E-state index is 0.955. The lowest BCUT2D eigenvalue weighted by atomic mass is 10.2. The first-order chi connectivity index (χ1) is 5.41. The number of unbranched alkanes of at least 4 members (excludes halogenated alkanes) is 3. The lowest BCUT2D eigenvalue weighted by Crippen LogP contribution is -1.80. The topological polar surface area (TPSA) is 12.4 Å². The molecule has 0 fully saturated rings. The molecule has 0 aromatic carbocycles. The van der Waals surface area contributed by atoms with E-state index in [-0.39, 0.29) is 0 Å². The smallest absolute Gasteiger partial charge is 0.0483 e. The molecule has 0 heterocycles. The van der Waals surface area contributed by atoms with Crippen molar-refractivity contribution in [1.82, 2.24) is 0 Å². The highest BCUT2D eigenvalue weighted by molar-refractivity contribution is 5.51. The molecular weight excluding hydrogens is 134 g/mol. The Kier molecular flexibility index (Phi) is 8.98. The van der Waals surface area contributed by atoms with Crippen molar-refractivity contribution in [2.24, 2.45) is 4.99 Å². The van der Waals surface area contributed by atoms with Crippen LogP contribution >= 0.6 is 0 Å². The monoisotopic (exact) mass is 153 g/mol. The second-order valence-corrected chi connectivity index (χ2v) is 2.68. The van der Waals surface area contributed by atoms with Crippen molar-refractivity contribution in [2.75, 3.05) is 6.54 Å². The van der Waals surface area contributed by atoms with Crippen LogP contribution in [0.4, 0.5) is 0 Å². The average Bonchev–Trinajstić information content (AvgIpc) is 2.03. The first-order valence-corrected chi connectivity index (χ1v) is 4.65. The van der Waals surface area contributed by atoms with Gasteiger partial charge in [0.1, 0.15) is 0 Å². The minimum absolute atomic E-state index is 0.955. The van der Waals surface area contributed by atoms with Crippen LogP contribution in [0.15, 0.2) is 11.1 Å². The second kappa shape index (κ2) is 9.45. The summed E-state index contributed by atoms with van der Waals surface area (Å²) in [6.07, 6.45) is 8.19. The van der Waals surface area contributed by atoms with Gasteiger partial charge in [0, 0.05) is 6.54 Å². The van der Waals surface area contributed by atoms with Gasteiger partial charge >= 0.3 is 0 Å². The first kappa shape index (κ1) is 10.4. The molecule has 0 aromatic rings. The van der Waals surface area contributed by atoms with Crippen molar-refractivity contribution in [2.45, 2.75) is 46.0 Å². The highest BCUT2D eigenvalue weighted by atomic mass is 14.7. The van der Waals surface area contributed by atoms with Crippen molar-refractivity contribution in [1.29, 1.82) is 0 Å². The molecule has 0 saturated carbocycles. The summed E-state index contributed by atoms with van der Waals surface area (Å²) in [7, 11) is 0. The molecule has 1 nitrogen and oxygen atoms in total. The zero-order valence-electron chi connectivity index (χ0n) is 7.77. The van der Waals surface area contributed by atoms with Crippen LogP contribution in [0.25, 0.3) is 0 Å². The summed E-state index contributed by atoms with van der Waals surface area (Å²) in [6, 6.07) is 0. The Morgan fingerprint density at radius 3 is 2.64 bits per heavy atom. The summed E-state index contributed by atoms with van der Waals surface area (Å²) in [5.74, 6) is 2.91. The van der Waals surface area contributed by atoms with Gasteiger partial charge in [0.2, 0.25) is 0 Å². The lowest BCUT2D eigenvalue weighted by Gasteiger charge is -1.91. The molecule has 0 atom stereocenters. The van der Waals surface area contributed by atoms with Crippen LogP contribution in [0.5, 0.6) is 0 Å². The zero-order valence-corrected chi connectivity index (χ0v) is 7.77. The number of aliphatic imine (C=N–C) groups is 1. The molecule has 0 rings (SSSR count). The van der Waals surface area contributed by atoms with Crippen molar-refractivity contribution < 1.29 is 0 Å². The van der Waals surface area contributed by atoms with Crippen LogP contribution in [-0.4, -0.2) is 12.4 Å². The van der Waals surface area contributed by atoms with E-state index in [0.29, 0.717) is 0 Å². The van der Waals surface area contributed by atoms with Gasteiger partial charge in [-0.3, -0.25) is 0 Å². The van der Waals surface area contributed by atoms with E-state index in [4.69, 9.17) is 0 Å². The fourth-order valence-electron chi connectivity index (χ4n) is 0.838. The maximum atomic E-state index is 4.13. The molecule has 0 N–H and O–H groups in total. The van der Waals surface area contributed by atoms with Gasteiger partial charge in [-0.15, -0.1) is 0 Å². The fourth-order valence-corrected chi connectivity index (χ4v) is 0.838. The molecule has 1 heteroatoms. The van der Waals surface area contributed by atoms with Crippen molar-refractivity contribution in [3.63, 3.8) is 0 Å². The molecule has 0 aromatic heterocycles. The van der Waals surface area contributed by atoms with Crippen LogP contribution in [0.2, 0.25) is 0 Å². The molecule has 0 unspecified atom stereocenters. The lowest BCUT2D eigenvalue weighted by molar-refractivity contribution is 0.676. The normalized spacial score (nSPS) is 8.91. The van der Waals surface area contributed by atoms with E-state index >= 15 is 0 Å². The molecule has 11 heavy (non-hydrogen) atoms. The molecule has 0 aliphatic rings. The average molecular weight is 153 g/mol. The Labute approximate surface area is 70.2 Å². The summed E-state index contributed by atoms with van der Waals surface area (Å²) >= 11 is 0. The molecule has 0 aliphatic carbocycles. The number of allylic oxidation sites excluding steroid dienone is 1. The van der Waals surface area contributed by atoms with Crippen molar-refractivity contribution in [3.8, 4) is 0 Å². The summed E-state index contributed by atoms with van der Waals surface area (Å²) in [6.45, 7) is 5.27. The van der Waals surface area contributed by atoms with E-state index in [2.05, 4.69) is 24.7 Å². The fraction of sp³-hybridized carbons (Fsp3) is 0.800. The standard InChI is InChI=1S/C10H19N/c1-3-5-7-8-10-11-9-6-4-2/h6H,3-5,7-8,10H2,1-2H3. The highest BCUT2D eigenvalue weighted by Gasteiger charge is 1.83. The Hall–Kier alpha value is -0.550.